The van der Waals surface area contributed by atoms with E-state index in [2.05, 4.69) is 10.3 Å². The van der Waals surface area contributed by atoms with Gasteiger partial charge in [-0.3, -0.25) is 10.1 Å². The molecular formula is C15H16F3N3O3. The number of rotatable bonds is 4. The van der Waals surface area contributed by atoms with Gasteiger partial charge in [-0.1, -0.05) is 12.8 Å². The van der Waals surface area contributed by atoms with Crippen molar-refractivity contribution < 1.29 is 22.5 Å². The number of aromatic nitrogens is 1. The highest BCUT2D eigenvalue weighted by Crippen LogP contribution is 2.37. The minimum Gasteiger partial charge on any atom is -0.439 e. The van der Waals surface area contributed by atoms with Crippen LogP contribution in [0.25, 0.3) is 11.1 Å². The van der Waals surface area contributed by atoms with E-state index in [1.165, 1.54) is 18.2 Å². The van der Waals surface area contributed by atoms with Crippen molar-refractivity contribution in [1.82, 2.24) is 10.3 Å². The van der Waals surface area contributed by atoms with Crippen LogP contribution in [0.2, 0.25) is 0 Å². The van der Waals surface area contributed by atoms with Crippen molar-refractivity contribution >= 4 is 16.8 Å². The quantitative estimate of drug-likeness (QED) is 0.671. The second-order valence-corrected chi connectivity index (χ2v) is 5.94. The molecule has 0 unspecified atom stereocenters. The van der Waals surface area contributed by atoms with E-state index in [1.54, 1.807) is 0 Å². The third-order valence-electron chi connectivity index (χ3n) is 4.33. The third kappa shape index (κ3) is 3.50. The van der Waals surface area contributed by atoms with Crippen molar-refractivity contribution in [2.45, 2.75) is 44.4 Å². The molecule has 0 spiro atoms. The molecule has 1 saturated carbocycles. The molecule has 24 heavy (non-hydrogen) atoms. The van der Waals surface area contributed by atoms with Gasteiger partial charge in [0.05, 0.1) is 17.4 Å². The summed E-state index contributed by atoms with van der Waals surface area (Å²) in [4.78, 5) is 14.3. The van der Waals surface area contributed by atoms with Crippen LogP contribution in [0, 0.1) is 16.0 Å². The maximum absolute atomic E-state index is 13.1. The van der Waals surface area contributed by atoms with Gasteiger partial charge in [-0.15, -0.1) is 0 Å². The maximum Gasteiger partial charge on any atom is 0.393 e. The number of nitrogens with zero attached hydrogens (tertiary/aromatic N) is 2. The van der Waals surface area contributed by atoms with Gasteiger partial charge in [0.15, 0.2) is 5.58 Å². The molecule has 0 radical (unpaired) electrons. The van der Waals surface area contributed by atoms with E-state index < -0.39 is 23.1 Å². The lowest BCUT2D eigenvalue weighted by molar-refractivity contribution is -0.384. The van der Waals surface area contributed by atoms with Crippen molar-refractivity contribution in [3.63, 3.8) is 0 Å². The first-order valence-electron chi connectivity index (χ1n) is 7.68. The normalized spacial score (nSPS) is 22.0. The van der Waals surface area contributed by atoms with Gasteiger partial charge in [-0.05, 0) is 18.9 Å². The van der Waals surface area contributed by atoms with Crippen molar-refractivity contribution in [3.8, 4) is 0 Å². The fourth-order valence-corrected chi connectivity index (χ4v) is 3.14. The molecule has 2 atom stereocenters. The lowest BCUT2D eigenvalue weighted by atomic mass is 9.84. The van der Waals surface area contributed by atoms with Crippen molar-refractivity contribution in [2.75, 3.05) is 0 Å². The average Bonchev–Trinajstić information content (AvgIpc) is 2.94. The first kappa shape index (κ1) is 16.7. The fraction of sp³-hybridized carbons (Fsp3) is 0.533. The molecule has 2 aromatic rings. The van der Waals surface area contributed by atoms with Crippen LogP contribution < -0.4 is 5.32 Å². The summed E-state index contributed by atoms with van der Waals surface area (Å²) in [7, 11) is 0. The van der Waals surface area contributed by atoms with Gasteiger partial charge in [-0.25, -0.2) is 4.98 Å². The Bertz CT molecular complexity index is 744. The van der Waals surface area contributed by atoms with E-state index in [0.717, 1.165) is 6.42 Å². The molecular weight excluding hydrogens is 327 g/mol. The monoisotopic (exact) mass is 343 g/mol. The topological polar surface area (TPSA) is 81.2 Å². The lowest BCUT2D eigenvalue weighted by Crippen LogP contribution is -2.45. The molecule has 0 bridgehead atoms. The minimum absolute atomic E-state index is 0.0553. The molecule has 0 aliphatic heterocycles. The molecule has 130 valence electrons. The van der Waals surface area contributed by atoms with Crippen LogP contribution >= 0.6 is 0 Å². The highest BCUT2D eigenvalue weighted by Gasteiger charge is 2.45. The second kappa shape index (κ2) is 6.39. The predicted molar refractivity (Wildman–Crippen MR) is 79.3 cm³/mol. The largest absolute Gasteiger partial charge is 0.439 e. The number of halogens is 3. The van der Waals surface area contributed by atoms with Gasteiger partial charge in [0.1, 0.15) is 5.52 Å². The Hall–Kier alpha value is -2.16. The van der Waals surface area contributed by atoms with Crippen molar-refractivity contribution in [1.29, 1.82) is 0 Å². The standard InChI is InChI=1S/C15H16F3N3O3/c16-15(17,18)10-3-1-2-4-11(10)19-8-14-20-12-7-9(21(22)23)5-6-13(12)24-14/h5-7,10-11,19H,1-4,8H2/t10-,11+/m1/s1. The predicted octanol–water partition coefficient (Wildman–Crippen LogP) is 3.95. The molecule has 6 nitrogen and oxygen atoms in total. The molecule has 1 aromatic heterocycles. The number of non-ortho nitro benzene ring substituents is 1. The first-order chi connectivity index (χ1) is 11.3. The number of nitro groups is 1. The fourth-order valence-electron chi connectivity index (χ4n) is 3.14. The molecule has 0 saturated heterocycles. The number of nitrogens with one attached hydrogen (secondary N) is 1. The number of hydrogen-bond acceptors (Lipinski definition) is 5. The van der Waals surface area contributed by atoms with E-state index in [1.807, 2.05) is 0 Å². The van der Waals surface area contributed by atoms with Gasteiger partial charge in [0, 0.05) is 18.2 Å². The zero-order valence-electron chi connectivity index (χ0n) is 12.7. The Kier molecular flexibility index (Phi) is 4.44. The molecule has 1 aliphatic rings. The Labute approximate surface area is 135 Å². The second-order valence-electron chi connectivity index (χ2n) is 5.94. The first-order valence-corrected chi connectivity index (χ1v) is 7.68. The molecule has 1 aliphatic carbocycles. The summed E-state index contributed by atoms with van der Waals surface area (Å²) in [5, 5.41) is 13.6. The molecule has 1 N–H and O–H groups in total. The highest BCUT2D eigenvalue weighted by molar-refractivity contribution is 5.75. The number of benzene rings is 1. The third-order valence-corrected chi connectivity index (χ3v) is 4.33. The summed E-state index contributed by atoms with van der Waals surface area (Å²) >= 11 is 0. The van der Waals surface area contributed by atoms with Crippen LogP contribution in [-0.2, 0) is 6.54 Å². The van der Waals surface area contributed by atoms with Crippen LogP contribution in [0.5, 0.6) is 0 Å². The van der Waals surface area contributed by atoms with Crippen molar-refractivity contribution in [2.24, 2.45) is 5.92 Å². The zero-order chi connectivity index (χ0) is 17.3. The van der Waals surface area contributed by atoms with E-state index >= 15 is 0 Å². The number of alkyl halides is 3. The van der Waals surface area contributed by atoms with Crippen LogP contribution in [-0.4, -0.2) is 22.1 Å². The van der Waals surface area contributed by atoms with Gasteiger partial charge in [-0.2, -0.15) is 13.2 Å². The van der Waals surface area contributed by atoms with Crippen LogP contribution in [0.1, 0.15) is 31.6 Å². The summed E-state index contributed by atoms with van der Waals surface area (Å²) < 4.78 is 44.6. The smallest absolute Gasteiger partial charge is 0.393 e. The Morgan fingerprint density at radius 1 is 1.33 bits per heavy atom. The maximum atomic E-state index is 13.1. The Balaban J connectivity index is 1.71. The lowest BCUT2D eigenvalue weighted by Gasteiger charge is -2.33. The molecule has 1 fully saturated rings. The van der Waals surface area contributed by atoms with Gasteiger partial charge in [0.25, 0.3) is 5.69 Å². The highest BCUT2D eigenvalue weighted by atomic mass is 19.4. The Morgan fingerprint density at radius 3 is 2.79 bits per heavy atom. The van der Waals surface area contributed by atoms with Gasteiger partial charge >= 0.3 is 6.18 Å². The summed E-state index contributed by atoms with van der Waals surface area (Å²) in [6, 6.07) is 3.35. The van der Waals surface area contributed by atoms with Crippen LogP contribution in [0.3, 0.4) is 0 Å². The summed E-state index contributed by atoms with van der Waals surface area (Å²) in [6.45, 7) is 0.0553. The van der Waals surface area contributed by atoms with Gasteiger partial charge < -0.3 is 9.73 Å². The molecule has 0 amide bonds. The summed E-state index contributed by atoms with van der Waals surface area (Å²) in [5.74, 6) is -1.14. The van der Waals surface area contributed by atoms with Crippen molar-refractivity contribution in [3.05, 3.63) is 34.2 Å². The molecule has 3 rings (SSSR count). The van der Waals surface area contributed by atoms with E-state index in [4.69, 9.17) is 4.42 Å². The minimum atomic E-state index is -4.22. The molecule has 1 heterocycles. The number of fused-ring (bicyclic) bond motifs is 1. The van der Waals surface area contributed by atoms with E-state index in [-0.39, 0.29) is 24.5 Å². The average molecular weight is 343 g/mol. The van der Waals surface area contributed by atoms with Crippen LogP contribution in [0.4, 0.5) is 18.9 Å². The van der Waals surface area contributed by atoms with E-state index in [9.17, 15) is 23.3 Å². The Morgan fingerprint density at radius 2 is 2.08 bits per heavy atom. The number of hydrogen-bond donors (Lipinski definition) is 1. The SMILES string of the molecule is O=[N+]([O-])c1ccc2oc(CN[C@H]3CCCC[C@H]3C(F)(F)F)nc2c1. The zero-order valence-corrected chi connectivity index (χ0v) is 12.7. The molecule has 1 aromatic carbocycles. The summed E-state index contributed by atoms with van der Waals surface area (Å²) in [5.41, 5.74) is 0.574. The number of nitro benzene ring substituents is 1. The van der Waals surface area contributed by atoms with E-state index in [0.29, 0.717) is 23.9 Å². The van der Waals surface area contributed by atoms with Gasteiger partial charge in [0.2, 0.25) is 5.89 Å². The number of oxazole rings is 1. The molecule has 9 heteroatoms. The van der Waals surface area contributed by atoms with Crippen LogP contribution in [0.15, 0.2) is 22.6 Å². The summed E-state index contributed by atoms with van der Waals surface area (Å²) in [6.07, 6.45) is -2.31.